The molecule has 68 valence electrons. The second kappa shape index (κ2) is 3.86. The maximum atomic E-state index is 8.65. The minimum absolute atomic E-state index is 0.515. The van der Waals surface area contributed by atoms with Crippen LogP contribution in [0.3, 0.4) is 0 Å². The van der Waals surface area contributed by atoms with Crippen LogP contribution in [0.4, 0.5) is 0 Å². The summed E-state index contributed by atoms with van der Waals surface area (Å²) in [5, 5.41) is 9.74. The van der Waals surface area contributed by atoms with Crippen LogP contribution in [0, 0.1) is 11.3 Å². The summed E-state index contributed by atoms with van der Waals surface area (Å²) in [5.41, 5.74) is 0. The molecule has 1 aliphatic rings. The number of thiazole rings is 1. The molecular formula is C9H10N2OS. The average molecular weight is 194 g/mol. The van der Waals surface area contributed by atoms with E-state index in [4.69, 9.17) is 10.00 Å². The SMILES string of the molecule is N#Cc1cnc(C2CCOCC2)s1. The molecule has 0 N–H and O–H groups in total. The van der Waals surface area contributed by atoms with Crippen molar-refractivity contribution in [1.29, 1.82) is 5.26 Å². The molecule has 1 fully saturated rings. The van der Waals surface area contributed by atoms with Gasteiger partial charge in [-0.15, -0.1) is 11.3 Å². The van der Waals surface area contributed by atoms with Gasteiger partial charge in [0.15, 0.2) is 0 Å². The number of hydrogen-bond donors (Lipinski definition) is 0. The molecule has 3 nitrogen and oxygen atoms in total. The van der Waals surface area contributed by atoms with Crippen molar-refractivity contribution in [3.05, 3.63) is 16.1 Å². The lowest BCUT2D eigenvalue weighted by Gasteiger charge is -2.19. The van der Waals surface area contributed by atoms with Crippen LogP contribution < -0.4 is 0 Å². The fourth-order valence-corrected chi connectivity index (χ4v) is 2.36. The predicted octanol–water partition coefficient (Wildman–Crippen LogP) is 1.91. The number of ether oxygens (including phenoxy) is 1. The van der Waals surface area contributed by atoms with Gasteiger partial charge in [0.05, 0.1) is 11.2 Å². The van der Waals surface area contributed by atoms with Gasteiger partial charge < -0.3 is 4.74 Å². The summed E-state index contributed by atoms with van der Waals surface area (Å²) in [6.45, 7) is 1.65. The van der Waals surface area contributed by atoms with Crippen molar-refractivity contribution in [2.75, 3.05) is 13.2 Å². The van der Waals surface area contributed by atoms with E-state index in [1.165, 1.54) is 11.3 Å². The maximum absolute atomic E-state index is 8.65. The highest BCUT2D eigenvalue weighted by Gasteiger charge is 2.18. The molecule has 0 amide bonds. The second-order valence-corrected chi connectivity index (χ2v) is 4.12. The summed E-state index contributed by atoms with van der Waals surface area (Å²) in [7, 11) is 0. The third-order valence-corrected chi connectivity index (χ3v) is 3.27. The van der Waals surface area contributed by atoms with Gasteiger partial charge in [-0.2, -0.15) is 5.26 Å². The Morgan fingerprint density at radius 2 is 2.31 bits per heavy atom. The fourth-order valence-electron chi connectivity index (χ4n) is 1.47. The smallest absolute Gasteiger partial charge is 0.124 e. The Bertz CT molecular complexity index is 323. The summed E-state index contributed by atoms with van der Waals surface area (Å²) >= 11 is 1.51. The van der Waals surface area contributed by atoms with Crippen LogP contribution in [-0.2, 0) is 4.74 Å². The summed E-state index contributed by atoms with van der Waals surface area (Å²) in [6, 6.07) is 2.11. The number of aromatic nitrogens is 1. The van der Waals surface area contributed by atoms with Crippen LogP contribution in [0.5, 0.6) is 0 Å². The van der Waals surface area contributed by atoms with E-state index in [-0.39, 0.29) is 0 Å². The largest absolute Gasteiger partial charge is 0.381 e. The molecular weight excluding hydrogens is 184 g/mol. The normalized spacial score (nSPS) is 18.4. The molecule has 13 heavy (non-hydrogen) atoms. The molecule has 0 radical (unpaired) electrons. The van der Waals surface area contributed by atoms with E-state index >= 15 is 0 Å². The molecule has 2 rings (SSSR count). The average Bonchev–Trinajstić information content (AvgIpc) is 2.67. The molecule has 0 atom stereocenters. The summed E-state index contributed by atoms with van der Waals surface area (Å²) < 4.78 is 5.27. The molecule has 0 bridgehead atoms. The van der Waals surface area contributed by atoms with E-state index in [1.807, 2.05) is 0 Å². The number of nitrogens with zero attached hydrogens (tertiary/aromatic N) is 2. The molecule has 0 aliphatic carbocycles. The lowest BCUT2D eigenvalue weighted by atomic mass is 10.0. The number of nitriles is 1. The first-order chi connectivity index (χ1) is 6.40. The van der Waals surface area contributed by atoms with E-state index in [9.17, 15) is 0 Å². The topological polar surface area (TPSA) is 45.9 Å². The lowest BCUT2D eigenvalue weighted by Crippen LogP contribution is -2.13. The molecule has 0 spiro atoms. The van der Waals surface area contributed by atoms with Gasteiger partial charge in [0.25, 0.3) is 0 Å². The van der Waals surface area contributed by atoms with E-state index in [1.54, 1.807) is 6.20 Å². The van der Waals surface area contributed by atoms with Gasteiger partial charge in [0.1, 0.15) is 10.9 Å². The van der Waals surface area contributed by atoms with Gasteiger partial charge in [0.2, 0.25) is 0 Å². The monoisotopic (exact) mass is 194 g/mol. The van der Waals surface area contributed by atoms with E-state index in [0.29, 0.717) is 10.8 Å². The Kier molecular flexibility index (Phi) is 2.57. The molecule has 2 heterocycles. The van der Waals surface area contributed by atoms with Gasteiger partial charge in [-0.25, -0.2) is 4.98 Å². The summed E-state index contributed by atoms with van der Waals surface area (Å²) in [5.74, 6) is 0.515. The molecule has 4 heteroatoms. The highest BCUT2D eigenvalue weighted by Crippen LogP contribution is 2.29. The predicted molar refractivity (Wildman–Crippen MR) is 49.6 cm³/mol. The summed E-state index contributed by atoms with van der Waals surface area (Å²) in [4.78, 5) is 4.96. The zero-order valence-electron chi connectivity index (χ0n) is 7.19. The second-order valence-electron chi connectivity index (χ2n) is 3.06. The third kappa shape index (κ3) is 1.87. The van der Waals surface area contributed by atoms with Crippen molar-refractivity contribution in [2.24, 2.45) is 0 Å². The van der Waals surface area contributed by atoms with Crippen LogP contribution in [0.25, 0.3) is 0 Å². The highest BCUT2D eigenvalue weighted by atomic mass is 32.1. The number of hydrogen-bond acceptors (Lipinski definition) is 4. The third-order valence-electron chi connectivity index (χ3n) is 2.20. The van der Waals surface area contributed by atoms with Crippen LogP contribution in [0.2, 0.25) is 0 Å². The van der Waals surface area contributed by atoms with Gasteiger partial charge in [0, 0.05) is 19.1 Å². The summed E-state index contributed by atoms with van der Waals surface area (Å²) in [6.07, 6.45) is 3.74. The van der Waals surface area contributed by atoms with Crippen molar-refractivity contribution in [3.8, 4) is 6.07 Å². The first kappa shape index (κ1) is 8.67. The van der Waals surface area contributed by atoms with Gasteiger partial charge >= 0.3 is 0 Å². The zero-order valence-corrected chi connectivity index (χ0v) is 8.01. The lowest BCUT2D eigenvalue weighted by molar-refractivity contribution is 0.0853. The molecule has 0 saturated carbocycles. The fraction of sp³-hybridized carbons (Fsp3) is 0.556. The molecule has 0 unspecified atom stereocenters. The Labute approximate surface area is 81.0 Å². The van der Waals surface area contributed by atoms with Crippen LogP contribution in [0.15, 0.2) is 6.20 Å². The van der Waals surface area contributed by atoms with Gasteiger partial charge in [-0.1, -0.05) is 0 Å². The Balaban J connectivity index is 2.11. The minimum Gasteiger partial charge on any atom is -0.381 e. The van der Waals surface area contributed by atoms with Crippen LogP contribution >= 0.6 is 11.3 Å². The van der Waals surface area contributed by atoms with E-state index in [2.05, 4.69) is 11.1 Å². The van der Waals surface area contributed by atoms with Crippen molar-refractivity contribution in [2.45, 2.75) is 18.8 Å². The van der Waals surface area contributed by atoms with E-state index < -0.39 is 0 Å². The van der Waals surface area contributed by atoms with Crippen LogP contribution in [0.1, 0.15) is 28.6 Å². The Morgan fingerprint density at radius 1 is 1.54 bits per heavy atom. The molecule has 1 aromatic rings. The Hall–Kier alpha value is -0.920. The molecule has 1 aliphatic heterocycles. The van der Waals surface area contributed by atoms with E-state index in [0.717, 1.165) is 31.1 Å². The highest BCUT2D eigenvalue weighted by molar-refractivity contribution is 7.12. The van der Waals surface area contributed by atoms with Crippen molar-refractivity contribution in [3.63, 3.8) is 0 Å². The zero-order chi connectivity index (χ0) is 9.10. The molecule has 1 saturated heterocycles. The maximum Gasteiger partial charge on any atom is 0.124 e. The first-order valence-corrected chi connectivity index (χ1v) is 5.15. The van der Waals surface area contributed by atoms with Gasteiger partial charge in [-0.3, -0.25) is 0 Å². The standard InChI is InChI=1S/C9H10N2OS/c10-5-8-6-11-9(13-8)7-1-3-12-4-2-7/h6-7H,1-4H2. The Morgan fingerprint density at radius 3 is 2.92 bits per heavy atom. The number of rotatable bonds is 1. The van der Waals surface area contributed by atoms with Crippen molar-refractivity contribution >= 4 is 11.3 Å². The first-order valence-electron chi connectivity index (χ1n) is 4.33. The van der Waals surface area contributed by atoms with Crippen molar-refractivity contribution < 1.29 is 4.74 Å². The van der Waals surface area contributed by atoms with Gasteiger partial charge in [-0.05, 0) is 12.8 Å². The quantitative estimate of drug-likeness (QED) is 0.686. The minimum atomic E-state index is 0.515. The molecule has 1 aromatic heterocycles. The van der Waals surface area contributed by atoms with Crippen LogP contribution in [-0.4, -0.2) is 18.2 Å². The van der Waals surface area contributed by atoms with Crippen molar-refractivity contribution in [1.82, 2.24) is 4.98 Å². The molecule has 0 aromatic carbocycles.